The third-order valence-electron chi connectivity index (χ3n) is 2.58. The van der Waals surface area contributed by atoms with E-state index in [0.29, 0.717) is 10.6 Å². The van der Waals surface area contributed by atoms with E-state index in [2.05, 4.69) is 5.32 Å². The number of nitrogens with one attached hydrogen (secondary N) is 1. The van der Waals surface area contributed by atoms with Gasteiger partial charge in [-0.05, 0) is 17.4 Å². The Hall–Kier alpha value is -1.38. The number of thiophene rings is 1. The van der Waals surface area contributed by atoms with Crippen LogP contribution in [0, 0.1) is 17.2 Å². The lowest BCUT2D eigenvalue weighted by molar-refractivity contribution is -0.118. The van der Waals surface area contributed by atoms with E-state index in [1.807, 2.05) is 19.9 Å². The zero-order valence-electron chi connectivity index (χ0n) is 9.36. The van der Waals surface area contributed by atoms with Crippen molar-refractivity contribution in [1.82, 2.24) is 0 Å². The highest BCUT2D eigenvalue weighted by Crippen LogP contribution is 2.22. The van der Waals surface area contributed by atoms with Crippen LogP contribution in [0.25, 0.3) is 0 Å². The minimum Gasteiger partial charge on any atom is -0.320 e. The molecule has 0 aliphatic carbocycles. The molecule has 3 N–H and O–H groups in total. The first-order valence-electron chi connectivity index (χ1n) is 5.14. The molecular weight excluding hydrogens is 222 g/mol. The fraction of sp³-hybridized carbons (Fsp3) is 0.455. The molecule has 1 heterocycles. The molecule has 0 aromatic carbocycles. The van der Waals surface area contributed by atoms with E-state index >= 15 is 0 Å². The molecule has 16 heavy (non-hydrogen) atoms. The van der Waals surface area contributed by atoms with Gasteiger partial charge in [0.1, 0.15) is 11.1 Å². The molecule has 4 nitrogen and oxygen atoms in total. The molecule has 2 atom stereocenters. The zero-order valence-corrected chi connectivity index (χ0v) is 10.2. The second-order valence-electron chi connectivity index (χ2n) is 3.68. The van der Waals surface area contributed by atoms with E-state index in [4.69, 9.17) is 11.0 Å². The lowest BCUT2D eigenvalue weighted by atomic mass is 9.99. The maximum atomic E-state index is 11.7. The lowest BCUT2D eigenvalue weighted by Crippen LogP contribution is -2.40. The third kappa shape index (κ3) is 2.81. The van der Waals surface area contributed by atoms with Crippen LogP contribution in [0.15, 0.2) is 11.4 Å². The minimum absolute atomic E-state index is 0.130. The van der Waals surface area contributed by atoms with Gasteiger partial charge in [0.05, 0.1) is 11.6 Å². The topological polar surface area (TPSA) is 78.9 Å². The lowest BCUT2D eigenvalue weighted by Gasteiger charge is -2.17. The number of carbonyl (C=O) groups excluding carboxylic acids is 1. The number of anilines is 1. The quantitative estimate of drug-likeness (QED) is 0.839. The highest BCUT2D eigenvalue weighted by molar-refractivity contribution is 7.14. The van der Waals surface area contributed by atoms with Gasteiger partial charge in [0.15, 0.2) is 0 Å². The van der Waals surface area contributed by atoms with E-state index in [1.165, 1.54) is 11.3 Å². The summed E-state index contributed by atoms with van der Waals surface area (Å²) in [7, 11) is 0. The summed E-state index contributed by atoms with van der Waals surface area (Å²) in [6.07, 6.45) is 0.851. The molecule has 0 aliphatic rings. The molecule has 0 saturated carbocycles. The number of amides is 1. The largest absolute Gasteiger partial charge is 0.320 e. The molecule has 0 bridgehead atoms. The number of nitrogens with zero attached hydrogens (tertiary/aromatic N) is 1. The SMILES string of the molecule is CCC(C)[C@H](N)C(=O)Nc1sccc1C#N. The first-order valence-corrected chi connectivity index (χ1v) is 6.02. The van der Waals surface area contributed by atoms with E-state index in [1.54, 1.807) is 11.4 Å². The Morgan fingerprint density at radius 3 is 3.00 bits per heavy atom. The summed E-state index contributed by atoms with van der Waals surface area (Å²) in [6.45, 7) is 3.92. The van der Waals surface area contributed by atoms with Crippen molar-refractivity contribution < 1.29 is 4.79 Å². The molecule has 0 aliphatic heterocycles. The molecule has 1 rings (SSSR count). The normalized spacial score (nSPS) is 13.9. The van der Waals surface area contributed by atoms with Crippen LogP contribution in [0.3, 0.4) is 0 Å². The maximum Gasteiger partial charge on any atom is 0.242 e. The molecular formula is C11H15N3OS. The molecule has 0 saturated heterocycles. The number of nitriles is 1. The second-order valence-corrected chi connectivity index (χ2v) is 4.59. The average Bonchev–Trinajstić information content (AvgIpc) is 2.74. The first kappa shape index (κ1) is 12.7. The Labute approximate surface area is 99.1 Å². The van der Waals surface area contributed by atoms with Gasteiger partial charge in [-0.3, -0.25) is 4.79 Å². The van der Waals surface area contributed by atoms with E-state index < -0.39 is 6.04 Å². The molecule has 1 amide bonds. The highest BCUT2D eigenvalue weighted by atomic mass is 32.1. The predicted octanol–water partition coefficient (Wildman–Crippen LogP) is 1.93. The Balaban J connectivity index is 2.69. The first-order chi connectivity index (χ1) is 7.60. The van der Waals surface area contributed by atoms with Crippen LogP contribution in [0.2, 0.25) is 0 Å². The van der Waals surface area contributed by atoms with Gasteiger partial charge < -0.3 is 11.1 Å². The standard InChI is InChI=1S/C11H15N3OS/c1-3-7(2)9(13)10(15)14-11-8(6-12)4-5-16-11/h4-5,7,9H,3,13H2,1-2H3,(H,14,15)/t7?,9-/m0/s1. The molecule has 0 spiro atoms. The van der Waals surface area contributed by atoms with Crippen LogP contribution in [-0.4, -0.2) is 11.9 Å². The fourth-order valence-corrected chi connectivity index (χ4v) is 1.94. The molecule has 86 valence electrons. The van der Waals surface area contributed by atoms with Crippen molar-refractivity contribution in [2.45, 2.75) is 26.3 Å². The summed E-state index contributed by atoms with van der Waals surface area (Å²) in [6, 6.07) is 3.16. The number of carbonyl (C=O) groups is 1. The van der Waals surface area contributed by atoms with Gasteiger partial charge in [-0.2, -0.15) is 5.26 Å². The monoisotopic (exact) mass is 237 g/mol. The Morgan fingerprint density at radius 2 is 2.44 bits per heavy atom. The number of hydrogen-bond acceptors (Lipinski definition) is 4. The van der Waals surface area contributed by atoms with Gasteiger partial charge in [-0.15, -0.1) is 11.3 Å². The van der Waals surface area contributed by atoms with Gasteiger partial charge in [0, 0.05) is 0 Å². The van der Waals surface area contributed by atoms with Crippen LogP contribution in [0.5, 0.6) is 0 Å². The van der Waals surface area contributed by atoms with Crippen molar-refractivity contribution in [3.8, 4) is 6.07 Å². The molecule has 0 radical (unpaired) electrons. The van der Waals surface area contributed by atoms with Crippen molar-refractivity contribution >= 4 is 22.2 Å². The van der Waals surface area contributed by atoms with E-state index in [9.17, 15) is 4.79 Å². The Kier molecular flexibility index (Phi) is 4.47. The van der Waals surface area contributed by atoms with Crippen molar-refractivity contribution in [3.63, 3.8) is 0 Å². The van der Waals surface area contributed by atoms with E-state index in [-0.39, 0.29) is 11.8 Å². The zero-order chi connectivity index (χ0) is 12.1. The molecule has 0 fully saturated rings. The predicted molar refractivity (Wildman–Crippen MR) is 65.1 cm³/mol. The maximum absolute atomic E-state index is 11.7. The van der Waals surface area contributed by atoms with Crippen LogP contribution in [-0.2, 0) is 4.79 Å². The Morgan fingerprint density at radius 1 is 1.75 bits per heavy atom. The van der Waals surface area contributed by atoms with Crippen LogP contribution in [0.1, 0.15) is 25.8 Å². The van der Waals surface area contributed by atoms with Crippen molar-refractivity contribution in [3.05, 3.63) is 17.0 Å². The summed E-state index contributed by atoms with van der Waals surface area (Å²) in [5.41, 5.74) is 6.27. The third-order valence-corrected chi connectivity index (χ3v) is 3.41. The highest BCUT2D eigenvalue weighted by Gasteiger charge is 2.20. The summed E-state index contributed by atoms with van der Waals surface area (Å²) >= 11 is 1.33. The number of nitrogens with two attached hydrogens (primary N) is 1. The second kappa shape index (κ2) is 5.64. The summed E-state index contributed by atoms with van der Waals surface area (Å²) in [5.74, 6) is -0.0983. The molecule has 1 aromatic rings. The van der Waals surface area contributed by atoms with Crippen molar-refractivity contribution in [1.29, 1.82) is 5.26 Å². The number of rotatable bonds is 4. The summed E-state index contributed by atoms with van der Waals surface area (Å²) < 4.78 is 0. The molecule has 1 unspecified atom stereocenters. The molecule has 1 aromatic heterocycles. The van der Waals surface area contributed by atoms with Crippen LogP contribution in [0.4, 0.5) is 5.00 Å². The smallest absolute Gasteiger partial charge is 0.242 e. The molecule has 5 heteroatoms. The minimum atomic E-state index is -0.529. The summed E-state index contributed by atoms with van der Waals surface area (Å²) in [4.78, 5) is 11.7. The fourth-order valence-electron chi connectivity index (χ4n) is 1.20. The van der Waals surface area contributed by atoms with Crippen molar-refractivity contribution in [2.75, 3.05) is 5.32 Å². The van der Waals surface area contributed by atoms with Gasteiger partial charge in [0.2, 0.25) is 5.91 Å². The van der Waals surface area contributed by atoms with Gasteiger partial charge >= 0.3 is 0 Å². The van der Waals surface area contributed by atoms with Gasteiger partial charge in [-0.25, -0.2) is 0 Å². The van der Waals surface area contributed by atoms with Gasteiger partial charge in [0.25, 0.3) is 0 Å². The van der Waals surface area contributed by atoms with E-state index in [0.717, 1.165) is 6.42 Å². The van der Waals surface area contributed by atoms with Crippen LogP contribution < -0.4 is 11.1 Å². The van der Waals surface area contributed by atoms with Gasteiger partial charge in [-0.1, -0.05) is 20.3 Å². The Bertz CT molecular complexity index is 408. The summed E-state index contributed by atoms with van der Waals surface area (Å²) in [5, 5.41) is 13.8. The van der Waals surface area contributed by atoms with Crippen LogP contribution >= 0.6 is 11.3 Å². The van der Waals surface area contributed by atoms with Crippen molar-refractivity contribution in [2.24, 2.45) is 11.7 Å². The number of hydrogen-bond donors (Lipinski definition) is 2. The average molecular weight is 237 g/mol.